The van der Waals surface area contributed by atoms with Gasteiger partial charge in [0.1, 0.15) is 5.60 Å². The van der Waals surface area contributed by atoms with Crippen molar-refractivity contribution in [2.24, 2.45) is 11.8 Å². The fourth-order valence-electron chi connectivity index (χ4n) is 5.86. The van der Waals surface area contributed by atoms with E-state index in [0.29, 0.717) is 12.5 Å². The van der Waals surface area contributed by atoms with Crippen LogP contribution in [0.3, 0.4) is 0 Å². The van der Waals surface area contributed by atoms with Crippen LogP contribution in [0, 0.1) is 11.8 Å². The lowest BCUT2D eigenvalue weighted by Gasteiger charge is -2.43. The number of ether oxygens (including phenoxy) is 1. The molecule has 2 aromatic carbocycles. The lowest BCUT2D eigenvalue weighted by Crippen LogP contribution is -2.66. The van der Waals surface area contributed by atoms with Crippen molar-refractivity contribution in [3.63, 3.8) is 0 Å². The molecule has 1 aliphatic heterocycles. The molecule has 0 N–H and O–H groups in total. The van der Waals surface area contributed by atoms with Crippen molar-refractivity contribution in [2.45, 2.75) is 84.4 Å². The van der Waals surface area contributed by atoms with Gasteiger partial charge in [-0.3, -0.25) is 0 Å². The number of hydrogen-bond acceptors (Lipinski definition) is 3. The van der Waals surface area contributed by atoms with Crippen molar-refractivity contribution in [2.75, 3.05) is 13.2 Å². The third-order valence-corrected chi connectivity index (χ3v) is 12.7. The van der Waals surface area contributed by atoms with E-state index in [0.717, 1.165) is 25.8 Å². The second-order valence-corrected chi connectivity index (χ2v) is 16.8. The summed E-state index contributed by atoms with van der Waals surface area (Å²) in [6.07, 6.45) is 4.72. The quantitative estimate of drug-likeness (QED) is 0.269. The van der Waals surface area contributed by atoms with E-state index >= 15 is 0 Å². The number of hydrogen-bond donors (Lipinski definition) is 0. The number of likely N-dealkylation sites (tertiary alicyclic amines) is 1. The fraction of sp³-hybridized carbons (Fsp3) is 0.531. The van der Waals surface area contributed by atoms with Crippen LogP contribution in [-0.2, 0) is 9.16 Å². The molecule has 0 aromatic heterocycles. The number of amides is 1. The molecule has 1 heterocycles. The van der Waals surface area contributed by atoms with Crippen LogP contribution in [0.5, 0.6) is 0 Å². The first-order valence-corrected chi connectivity index (χ1v) is 15.7. The number of carbonyl (C=O) groups is 1. The minimum atomic E-state index is -2.56. The molecule has 0 aliphatic carbocycles. The van der Waals surface area contributed by atoms with Crippen LogP contribution < -0.4 is 10.4 Å². The highest BCUT2D eigenvalue weighted by Gasteiger charge is 2.50. The first-order valence-electron chi connectivity index (χ1n) is 13.8. The van der Waals surface area contributed by atoms with Gasteiger partial charge in [-0.15, -0.1) is 6.58 Å². The molecule has 1 saturated heterocycles. The Balaban J connectivity index is 1.80. The Labute approximate surface area is 226 Å². The molecule has 1 aliphatic rings. The maximum atomic E-state index is 12.9. The van der Waals surface area contributed by atoms with E-state index in [1.807, 2.05) is 31.7 Å². The maximum Gasteiger partial charge on any atom is 0.410 e. The molecule has 3 atom stereocenters. The zero-order valence-electron chi connectivity index (χ0n) is 24.0. The minimum Gasteiger partial charge on any atom is -0.444 e. The third kappa shape index (κ3) is 6.74. The Kier molecular flexibility index (Phi) is 9.46. The van der Waals surface area contributed by atoms with Crippen LogP contribution in [0.4, 0.5) is 4.79 Å². The molecule has 0 radical (unpaired) electrons. The zero-order valence-corrected chi connectivity index (χ0v) is 25.0. The highest BCUT2D eigenvalue weighted by Crippen LogP contribution is 2.38. The van der Waals surface area contributed by atoms with Gasteiger partial charge in [0.2, 0.25) is 0 Å². The summed E-state index contributed by atoms with van der Waals surface area (Å²) < 4.78 is 12.9. The van der Waals surface area contributed by atoms with E-state index in [9.17, 15) is 4.79 Å². The normalized spacial score (nSPS) is 18.4. The van der Waals surface area contributed by atoms with Gasteiger partial charge in [-0.2, -0.15) is 0 Å². The Bertz CT molecular complexity index is 970. The van der Waals surface area contributed by atoms with Gasteiger partial charge in [0.05, 0.1) is 0 Å². The zero-order chi connectivity index (χ0) is 27.3. The van der Waals surface area contributed by atoms with Gasteiger partial charge in [0, 0.05) is 19.2 Å². The van der Waals surface area contributed by atoms with Crippen molar-refractivity contribution in [3.8, 4) is 0 Å². The molecule has 5 heteroatoms. The summed E-state index contributed by atoms with van der Waals surface area (Å²) in [4.78, 5) is 14.9. The Morgan fingerprint density at radius 3 is 2.03 bits per heavy atom. The van der Waals surface area contributed by atoms with E-state index in [1.165, 1.54) is 10.4 Å². The number of carbonyl (C=O) groups excluding carboxylic acids is 1. The number of nitrogens with zero attached hydrogens (tertiary/aromatic N) is 1. The van der Waals surface area contributed by atoms with Crippen molar-refractivity contribution in [1.29, 1.82) is 0 Å². The monoisotopic (exact) mass is 521 g/mol. The molecule has 37 heavy (non-hydrogen) atoms. The lowest BCUT2D eigenvalue weighted by molar-refractivity contribution is 0.0170. The fourth-order valence-corrected chi connectivity index (χ4v) is 10.4. The predicted molar refractivity (Wildman–Crippen MR) is 157 cm³/mol. The first kappa shape index (κ1) is 29.2. The van der Waals surface area contributed by atoms with Gasteiger partial charge in [-0.1, -0.05) is 94.4 Å². The smallest absolute Gasteiger partial charge is 0.410 e. The van der Waals surface area contributed by atoms with Crippen LogP contribution in [0.15, 0.2) is 73.3 Å². The van der Waals surface area contributed by atoms with E-state index in [1.54, 1.807) is 0 Å². The largest absolute Gasteiger partial charge is 0.444 e. The van der Waals surface area contributed by atoms with Crippen molar-refractivity contribution in [1.82, 2.24) is 4.90 Å². The second-order valence-electron chi connectivity index (χ2n) is 12.5. The van der Waals surface area contributed by atoms with E-state index in [2.05, 4.69) is 94.9 Å². The van der Waals surface area contributed by atoms with Gasteiger partial charge < -0.3 is 14.1 Å². The van der Waals surface area contributed by atoms with Crippen molar-refractivity contribution in [3.05, 3.63) is 73.3 Å². The highest BCUT2D eigenvalue weighted by molar-refractivity contribution is 6.99. The van der Waals surface area contributed by atoms with Gasteiger partial charge in [-0.25, -0.2) is 4.79 Å². The van der Waals surface area contributed by atoms with E-state index in [4.69, 9.17) is 9.16 Å². The third-order valence-electron chi connectivity index (χ3n) is 7.61. The van der Waals surface area contributed by atoms with Crippen LogP contribution in [0.1, 0.15) is 67.7 Å². The van der Waals surface area contributed by atoms with Gasteiger partial charge in [0.25, 0.3) is 8.32 Å². The van der Waals surface area contributed by atoms with Gasteiger partial charge >= 0.3 is 6.09 Å². The number of benzene rings is 2. The summed E-state index contributed by atoms with van der Waals surface area (Å²) in [6, 6.07) is 21.7. The molecule has 202 valence electrons. The van der Waals surface area contributed by atoms with Crippen LogP contribution >= 0.6 is 0 Å². The molecular weight excluding hydrogens is 474 g/mol. The molecule has 0 saturated carbocycles. The Morgan fingerprint density at radius 1 is 1.03 bits per heavy atom. The highest BCUT2D eigenvalue weighted by atomic mass is 28.4. The van der Waals surface area contributed by atoms with Crippen LogP contribution in [-0.4, -0.2) is 44.1 Å². The minimum absolute atomic E-state index is 0.0459. The number of rotatable bonds is 9. The van der Waals surface area contributed by atoms with Crippen LogP contribution in [0.25, 0.3) is 0 Å². The first-order chi connectivity index (χ1) is 17.4. The van der Waals surface area contributed by atoms with Crippen molar-refractivity contribution >= 4 is 24.8 Å². The summed E-state index contributed by atoms with van der Waals surface area (Å²) in [5.74, 6) is 0.515. The molecule has 0 unspecified atom stereocenters. The predicted octanol–water partition coefficient (Wildman–Crippen LogP) is 6.79. The molecule has 1 fully saturated rings. The topological polar surface area (TPSA) is 38.8 Å². The standard InChI is InChI=1S/C32H47NO3Si/c1-9-28(29-21-16-23-33(29)30(34)36-31(3,4)5)25(2)22-24-35-37(32(6,7)8,26-17-12-10-13-18-26)27-19-14-11-15-20-27/h9-15,17-20,25,28-29H,1,16,21-24H2,2-8H3/t25-,28-,29+/m1/s1. The molecule has 4 nitrogen and oxygen atoms in total. The summed E-state index contributed by atoms with van der Waals surface area (Å²) in [5, 5.41) is 2.55. The maximum absolute atomic E-state index is 12.9. The Hall–Kier alpha value is -2.37. The van der Waals surface area contributed by atoms with Gasteiger partial charge in [0.15, 0.2) is 0 Å². The van der Waals surface area contributed by atoms with Crippen molar-refractivity contribution < 1.29 is 14.0 Å². The molecule has 0 bridgehead atoms. The Morgan fingerprint density at radius 2 is 1.57 bits per heavy atom. The lowest BCUT2D eigenvalue weighted by atomic mass is 9.84. The molecule has 2 aromatic rings. The molecular formula is C32H47NO3Si. The van der Waals surface area contributed by atoms with E-state index in [-0.39, 0.29) is 23.1 Å². The summed E-state index contributed by atoms with van der Waals surface area (Å²) >= 11 is 0. The average molecular weight is 522 g/mol. The molecule has 3 rings (SSSR count). The average Bonchev–Trinajstić information content (AvgIpc) is 3.31. The SMILES string of the molecule is C=C[C@H]([C@H](C)CCO[Si](c1ccccc1)(c1ccccc1)C(C)(C)C)[C@@H]1CCCN1C(=O)OC(C)(C)C. The van der Waals surface area contributed by atoms with E-state index < -0.39 is 13.9 Å². The second kappa shape index (κ2) is 12.0. The molecule has 0 spiro atoms. The van der Waals surface area contributed by atoms with Crippen LogP contribution in [0.2, 0.25) is 5.04 Å². The molecule has 1 amide bonds. The summed E-state index contributed by atoms with van der Waals surface area (Å²) in [5.41, 5.74) is -0.497. The summed E-state index contributed by atoms with van der Waals surface area (Å²) in [7, 11) is -2.56. The van der Waals surface area contributed by atoms with Gasteiger partial charge in [-0.05, 0) is 67.3 Å². The summed E-state index contributed by atoms with van der Waals surface area (Å²) in [6.45, 7) is 20.6.